The van der Waals surface area contributed by atoms with Gasteiger partial charge in [0, 0.05) is 13.1 Å². The van der Waals surface area contributed by atoms with E-state index in [4.69, 9.17) is 4.74 Å². The number of carbonyl (C=O) groups is 1. The molecule has 0 aromatic heterocycles. The molecule has 4 rings (SSSR count). The van der Waals surface area contributed by atoms with E-state index in [0.717, 1.165) is 11.1 Å². The van der Waals surface area contributed by atoms with E-state index in [-0.39, 0.29) is 12.6 Å². The van der Waals surface area contributed by atoms with Gasteiger partial charge in [-0.15, -0.1) is 0 Å². The van der Waals surface area contributed by atoms with Crippen molar-refractivity contribution in [3.63, 3.8) is 0 Å². The highest BCUT2D eigenvalue weighted by atomic mass is 16.5. The van der Waals surface area contributed by atoms with Crippen molar-refractivity contribution in [2.24, 2.45) is 0 Å². The second-order valence-electron chi connectivity index (χ2n) is 8.18. The molecule has 3 nitrogen and oxygen atoms in total. The lowest BCUT2D eigenvalue weighted by molar-refractivity contribution is -0.152. The SMILES string of the molecule is CC.O=C(OCc1ccccc1)C(Cc1ccccc1)N(Cc1ccccc1)Cc1ccccc1. The van der Waals surface area contributed by atoms with Gasteiger partial charge in [0.05, 0.1) is 0 Å². The average molecular weight is 466 g/mol. The minimum Gasteiger partial charge on any atom is -0.460 e. The maximum absolute atomic E-state index is 13.5. The number of esters is 1. The predicted molar refractivity (Wildman–Crippen MR) is 144 cm³/mol. The lowest BCUT2D eigenvalue weighted by atomic mass is 10.0. The zero-order valence-corrected chi connectivity index (χ0v) is 20.7. The van der Waals surface area contributed by atoms with E-state index in [1.165, 1.54) is 11.1 Å². The summed E-state index contributed by atoms with van der Waals surface area (Å²) in [5.41, 5.74) is 4.44. The first-order valence-corrected chi connectivity index (χ1v) is 12.3. The molecule has 35 heavy (non-hydrogen) atoms. The van der Waals surface area contributed by atoms with Crippen LogP contribution < -0.4 is 0 Å². The molecule has 0 N–H and O–H groups in total. The Bertz CT molecular complexity index is 1060. The number of nitrogens with zero attached hydrogens (tertiary/aromatic N) is 1. The molecule has 180 valence electrons. The largest absolute Gasteiger partial charge is 0.460 e. The zero-order valence-electron chi connectivity index (χ0n) is 20.7. The molecule has 4 aromatic carbocycles. The first-order chi connectivity index (χ1) is 17.3. The standard InChI is InChI=1S/C30H29NO2.C2H6/c32-30(33-24-28-19-11-4-12-20-28)29(21-25-13-5-1-6-14-25)31(22-26-15-7-2-8-16-26)23-27-17-9-3-10-18-27;1-2/h1-20,29H,21-24H2;1-2H3. The monoisotopic (exact) mass is 465 g/mol. The summed E-state index contributed by atoms with van der Waals surface area (Å²) in [6.07, 6.45) is 0.591. The molecule has 0 aliphatic rings. The predicted octanol–water partition coefficient (Wildman–Crippen LogP) is 7.07. The van der Waals surface area contributed by atoms with Gasteiger partial charge in [0.2, 0.25) is 0 Å². The molecule has 0 aliphatic carbocycles. The summed E-state index contributed by atoms with van der Waals surface area (Å²) in [4.78, 5) is 15.7. The van der Waals surface area contributed by atoms with Crippen LogP contribution in [0.25, 0.3) is 0 Å². The second kappa shape index (κ2) is 14.5. The molecule has 4 aromatic rings. The Morgan fingerprint density at radius 1 is 0.600 bits per heavy atom. The number of ether oxygens (including phenoxy) is 1. The van der Waals surface area contributed by atoms with Crippen molar-refractivity contribution < 1.29 is 9.53 Å². The molecule has 1 atom stereocenters. The van der Waals surface area contributed by atoms with E-state index in [0.29, 0.717) is 19.5 Å². The molecule has 3 heteroatoms. The fraction of sp³-hybridized carbons (Fsp3) is 0.219. The number of rotatable bonds is 10. The highest BCUT2D eigenvalue weighted by Gasteiger charge is 2.28. The van der Waals surface area contributed by atoms with Crippen molar-refractivity contribution in [1.82, 2.24) is 4.90 Å². The molecule has 0 amide bonds. The van der Waals surface area contributed by atoms with Crippen molar-refractivity contribution >= 4 is 5.97 Å². The van der Waals surface area contributed by atoms with Crippen molar-refractivity contribution in [3.05, 3.63) is 144 Å². The Hall–Kier alpha value is -3.69. The summed E-state index contributed by atoms with van der Waals surface area (Å²) >= 11 is 0. The van der Waals surface area contributed by atoms with E-state index in [9.17, 15) is 4.79 Å². The summed E-state index contributed by atoms with van der Waals surface area (Å²) in [6.45, 7) is 5.59. The van der Waals surface area contributed by atoms with E-state index in [1.807, 2.05) is 98.8 Å². The third kappa shape index (κ3) is 8.55. The molecule has 0 aliphatic heterocycles. The molecule has 0 saturated heterocycles. The third-order valence-corrected chi connectivity index (χ3v) is 5.67. The number of carbonyl (C=O) groups excluding carboxylic acids is 1. The first kappa shape index (κ1) is 25.9. The van der Waals surface area contributed by atoms with Gasteiger partial charge < -0.3 is 4.74 Å². The summed E-state index contributed by atoms with van der Waals surface area (Å²) in [6, 6.07) is 40.2. The third-order valence-electron chi connectivity index (χ3n) is 5.67. The number of hydrogen-bond donors (Lipinski definition) is 0. The van der Waals surface area contributed by atoms with E-state index in [1.54, 1.807) is 0 Å². The van der Waals surface area contributed by atoms with Crippen molar-refractivity contribution in [2.75, 3.05) is 0 Å². The fourth-order valence-electron chi connectivity index (χ4n) is 3.94. The molecular weight excluding hydrogens is 430 g/mol. The average Bonchev–Trinajstić information content (AvgIpc) is 2.93. The van der Waals surface area contributed by atoms with Gasteiger partial charge in [-0.1, -0.05) is 135 Å². The molecule has 0 radical (unpaired) electrons. The van der Waals surface area contributed by atoms with Crippen LogP contribution in [-0.2, 0) is 35.6 Å². The molecular formula is C32H35NO2. The lowest BCUT2D eigenvalue weighted by Crippen LogP contribution is -2.43. The van der Waals surface area contributed by atoms with Gasteiger partial charge in [-0.05, 0) is 28.7 Å². The molecule has 0 heterocycles. The first-order valence-electron chi connectivity index (χ1n) is 12.3. The van der Waals surface area contributed by atoms with Gasteiger partial charge in [-0.2, -0.15) is 0 Å². The topological polar surface area (TPSA) is 29.5 Å². The minimum absolute atomic E-state index is 0.199. The molecule has 0 saturated carbocycles. The van der Waals surface area contributed by atoms with Gasteiger partial charge in [-0.3, -0.25) is 9.69 Å². The molecule has 1 unspecified atom stereocenters. The van der Waals surface area contributed by atoms with Crippen molar-refractivity contribution in [3.8, 4) is 0 Å². The Kier molecular flexibility index (Phi) is 10.8. The zero-order chi connectivity index (χ0) is 24.7. The van der Waals surface area contributed by atoms with Gasteiger partial charge >= 0.3 is 5.97 Å². The smallest absolute Gasteiger partial charge is 0.324 e. The van der Waals surface area contributed by atoms with E-state index < -0.39 is 6.04 Å². The summed E-state index contributed by atoms with van der Waals surface area (Å²) in [5.74, 6) is -0.199. The molecule has 0 fully saturated rings. The van der Waals surface area contributed by atoms with Crippen LogP contribution in [0.4, 0.5) is 0 Å². The Balaban J connectivity index is 0.00000167. The van der Waals surface area contributed by atoms with Gasteiger partial charge in [0.15, 0.2) is 0 Å². The second-order valence-corrected chi connectivity index (χ2v) is 8.18. The van der Waals surface area contributed by atoms with Crippen molar-refractivity contribution in [1.29, 1.82) is 0 Å². The Morgan fingerprint density at radius 2 is 0.971 bits per heavy atom. The van der Waals surface area contributed by atoms with Crippen LogP contribution in [0.5, 0.6) is 0 Å². The van der Waals surface area contributed by atoms with E-state index in [2.05, 4.69) is 41.3 Å². The van der Waals surface area contributed by atoms with Gasteiger partial charge in [-0.25, -0.2) is 0 Å². The maximum atomic E-state index is 13.5. The Morgan fingerprint density at radius 3 is 1.40 bits per heavy atom. The van der Waals surface area contributed by atoms with Crippen LogP contribution in [0.15, 0.2) is 121 Å². The number of benzene rings is 4. The minimum atomic E-state index is -0.406. The summed E-state index contributed by atoms with van der Waals surface area (Å²) in [5, 5.41) is 0. The summed E-state index contributed by atoms with van der Waals surface area (Å²) < 4.78 is 5.84. The Labute approximate surface area is 210 Å². The van der Waals surface area contributed by atoms with Crippen molar-refractivity contribution in [2.45, 2.75) is 46.0 Å². The molecule has 0 spiro atoms. The molecule has 0 bridgehead atoms. The highest BCUT2D eigenvalue weighted by Crippen LogP contribution is 2.19. The summed E-state index contributed by atoms with van der Waals surface area (Å²) in [7, 11) is 0. The van der Waals surface area contributed by atoms with Crippen LogP contribution in [0.3, 0.4) is 0 Å². The van der Waals surface area contributed by atoms with Crippen LogP contribution in [0, 0.1) is 0 Å². The van der Waals surface area contributed by atoms with Crippen LogP contribution in [0.2, 0.25) is 0 Å². The van der Waals surface area contributed by atoms with Crippen LogP contribution in [-0.4, -0.2) is 16.9 Å². The lowest BCUT2D eigenvalue weighted by Gasteiger charge is -2.30. The normalized spacial score (nSPS) is 11.3. The maximum Gasteiger partial charge on any atom is 0.324 e. The fourth-order valence-corrected chi connectivity index (χ4v) is 3.94. The quantitative estimate of drug-likeness (QED) is 0.235. The van der Waals surface area contributed by atoms with E-state index >= 15 is 0 Å². The van der Waals surface area contributed by atoms with Gasteiger partial charge in [0.25, 0.3) is 0 Å². The highest BCUT2D eigenvalue weighted by molar-refractivity contribution is 5.76. The van der Waals surface area contributed by atoms with Crippen LogP contribution >= 0.6 is 0 Å². The van der Waals surface area contributed by atoms with Gasteiger partial charge in [0.1, 0.15) is 12.6 Å². The number of hydrogen-bond acceptors (Lipinski definition) is 3. The van der Waals surface area contributed by atoms with Crippen LogP contribution in [0.1, 0.15) is 36.1 Å².